The van der Waals surface area contributed by atoms with E-state index in [4.69, 9.17) is 4.42 Å². The Labute approximate surface area is 131 Å². The lowest BCUT2D eigenvalue weighted by atomic mass is 10.0. The first-order valence-electron chi connectivity index (χ1n) is 7.31. The highest BCUT2D eigenvalue weighted by molar-refractivity contribution is 5.66. The zero-order valence-corrected chi connectivity index (χ0v) is 12.5. The molecule has 1 aliphatic carbocycles. The Kier molecular flexibility index (Phi) is 4.02. The molecule has 0 saturated heterocycles. The molecule has 2 aromatic rings. The van der Waals surface area contributed by atoms with Crippen LogP contribution in [0.15, 0.2) is 50.4 Å². The lowest BCUT2D eigenvalue weighted by Crippen LogP contribution is -2.40. The lowest BCUT2D eigenvalue weighted by molar-refractivity contribution is 0.464. The number of rotatable bonds is 3. The first kappa shape index (κ1) is 15.1. The van der Waals surface area contributed by atoms with Crippen molar-refractivity contribution in [3.8, 4) is 11.1 Å². The van der Waals surface area contributed by atoms with Gasteiger partial charge in [-0.1, -0.05) is 31.2 Å². The van der Waals surface area contributed by atoms with E-state index in [9.17, 15) is 14.1 Å². The fraction of sp³-hybridized carbons (Fsp3) is 0.167. The molecule has 4 nitrogen and oxygen atoms in total. The molecule has 1 aliphatic rings. The van der Waals surface area contributed by atoms with Gasteiger partial charge in [0.15, 0.2) is 5.43 Å². The van der Waals surface area contributed by atoms with Crippen LogP contribution in [0, 0.1) is 10.7 Å². The van der Waals surface area contributed by atoms with E-state index in [2.05, 4.69) is 5.18 Å². The maximum Gasteiger partial charge on any atom is 0.200 e. The van der Waals surface area contributed by atoms with E-state index in [1.54, 1.807) is 24.3 Å². The lowest BCUT2D eigenvalue weighted by Gasteiger charge is -2.07. The second-order valence-electron chi connectivity index (χ2n) is 5.17. The average Bonchev–Trinajstić information content (AvgIpc) is 2.78. The van der Waals surface area contributed by atoms with E-state index >= 15 is 0 Å². The van der Waals surface area contributed by atoms with Crippen molar-refractivity contribution in [2.75, 3.05) is 0 Å². The SMILES string of the molecule is CCc1oc2c(c(=O)c1-c1ccc(F)cc1)=CCC=C(N=O)C=2. The summed E-state index contributed by atoms with van der Waals surface area (Å²) < 4.78 is 19.0. The van der Waals surface area contributed by atoms with Crippen molar-refractivity contribution in [2.24, 2.45) is 5.18 Å². The second-order valence-corrected chi connectivity index (χ2v) is 5.17. The molecule has 0 amide bonds. The summed E-state index contributed by atoms with van der Waals surface area (Å²) in [6, 6.07) is 5.74. The minimum Gasteiger partial charge on any atom is -0.460 e. The minimum atomic E-state index is -0.364. The van der Waals surface area contributed by atoms with Crippen LogP contribution < -0.4 is 16.1 Å². The van der Waals surface area contributed by atoms with Crippen LogP contribution in [0.2, 0.25) is 0 Å². The van der Waals surface area contributed by atoms with Crippen molar-refractivity contribution in [3.05, 3.63) is 73.4 Å². The van der Waals surface area contributed by atoms with Gasteiger partial charge < -0.3 is 4.42 Å². The molecule has 0 radical (unpaired) electrons. The number of allylic oxidation sites excluding steroid dienone is 2. The molecule has 5 heteroatoms. The van der Waals surface area contributed by atoms with Gasteiger partial charge in [0.05, 0.1) is 10.8 Å². The number of halogens is 1. The van der Waals surface area contributed by atoms with Gasteiger partial charge in [0.2, 0.25) is 0 Å². The summed E-state index contributed by atoms with van der Waals surface area (Å²) in [5, 5.41) is 3.31. The van der Waals surface area contributed by atoms with E-state index < -0.39 is 0 Å². The van der Waals surface area contributed by atoms with Crippen molar-refractivity contribution in [1.82, 2.24) is 0 Å². The Morgan fingerprint density at radius 1 is 1.22 bits per heavy atom. The van der Waals surface area contributed by atoms with Crippen molar-refractivity contribution in [2.45, 2.75) is 19.8 Å². The zero-order chi connectivity index (χ0) is 16.4. The van der Waals surface area contributed by atoms with Gasteiger partial charge in [0.25, 0.3) is 0 Å². The minimum absolute atomic E-state index is 0.188. The molecule has 1 aromatic heterocycles. The molecular formula is C18H14FNO3. The Hall–Kier alpha value is -2.82. The number of hydrogen-bond donors (Lipinski definition) is 0. The highest BCUT2D eigenvalue weighted by Gasteiger charge is 2.14. The second kappa shape index (κ2) is 6.12. The normalized spacial score (nSPS) is 13.2. The van der Waals surface area contributed by atoms with Gasteiger partial charge in [-0.2, -0.15) is 0 Å². The van der Waals surface area contributed by atoms with E-state index in [1.807, 2.05) is 6.92 Å². The number of nitroso groups, excluding NO2 is 1. The van der Waals surface area contributed by atoms with Crippen LogP contribution in [-0.2, 0) is 6.42 Å². The standard InChI is InChI=1S/C18H14FNO3/c1-2-15-17(11-6-8-12(19)9-7-11)18(21)14-5-3-4-13(20-22)10-16(14)23-15/h4-10H,2-3H2,1H3. The topological polar surface area (TPSA) is 59.6 Å². The summed E-state index contributed by atoms with van der Waals surface area (Å²) in [6.07, 6.45) is 5.73. The predicted molar refractivity (Wildman–Crippen MR) is 86.4 cm³/mol. The largest absolute Gasteiger partial charge is 0.460 e. The first-order valence-corrected chi connectivity index (χ1v) is 7.31. The van der Waals surface area contributed by atoms with Crippen molar-refractivity contribution in [1.29, 1.82) is 0 Å². The van der Waals surface area contributed by atoms with Crippen molar-refractivity contribution in [3.63, 3.8) is 0 Å². The number of fused-ring (bicyclic) bond motifs is 1. The highest BCUT2D eigenvalue weighted by Crippen LogP contribution is 2.19. The van der Waals surface area contributed by atoms with E-state index in [0.717, 1.165) is 0 Å². The summed E-state index contributed by atoms with van der Waals surface area (Å²) in [4.78, 5) is 23.7. The molecule has 116 valence electrons. The molecule has 0 N–H and O–H groups in total. The monoisotopic (exact) mass is 311 g/mol. The molecule has 1 heterocycles. The molecule has 0 atom stereocenters. The predicted octanol–water partition coefficient (Wildman–Crippen LogP) is 2.62. The maximum absolute atomic E-state index is 13.1. The van der Waals surface area contributed by atoms with Crippen LogP contribution in [0.25, 0.3) is 23.3 Å². The molecule has 0 fully saturated rings. The Morgan fingerprint density at radius 3 is 2.61 bits per heavy atom. The van der Waals surface area contributed by atoms with Gasteiger partial charge >= 0.3 is 0 Å². The van der Waals surface area contributed by atoms with Gasteiger partial charge in [-0.05, 0) is 29.3 Å². The third-order valence-corrected chi connectivity index (χ3v) is 3.74. The van der Waals surface area contributed by atoms with Crippen LogP contribution in [0.3, 0.4) is 0 Å². The van der Waals surface area contributed by atoms with E-state index in [0.29, 0.717) is 40.4 Å². The molecule has 0 saturated carbocycles. The molecule has 0 spiro atoms. The fourth-order valence-corrected chi connectivity index (χ4v) is 2.62. The highest BCUT2D eigenvalue weighted by atomic mass is 19.1. The number of nitrogens with zero attached hydrogens (tertiary/aromatic N) is 1. The fourth-order valence-electron chi connectivity index (χ4n) is 2.62. The zero-order valence-electron chi connectivity index (χ0n) is 12.5. The Morgan fingerprint density at radius 2 is 1.96 bits per heavy atom. The Balaban J connectivity index is 2.35. The van der Waals surface area contributed by atoms with Crippen LogP contribution in [0.4, 0.5) is 4.39 Å². The third-order valence-electron chi connectivity index (χ3n) is 3.74. The summed E-state index contributed by atoms with van der Waals surface area (Å²) in [5.74, 6) is 0.133. The van der Waals surface area contributed by atoms with Gasteiger partial charge in [-0.25, -0.2) is 4.39 Å². The average molecular weight is 311 g/mol. The maximum atomic E-state index is 13.1. The summed E-state index contributed by atoms with van der Waals surface area (Å²) in [6.45, 7) is 1.87. The van der Waals surface area contributed by atoms with Crippen molar-refractivity contribution < 1.29 is 8.81 Å². The van der Waals surface area contributed by atoms with Crippen LogP contribution >= 0.6 is 0 Å². The quantitative estimate of drug-likeness (QED) is 0.819. The third kappa shape index (κ3) is 2.77. The first-order chi connectivity index (χ1) is 11.1. The molecule has 0 aliphatic heterocycles. The molecule has 0 unspecified atom stereocenters. The molecular weight excluding hydrogens is 297 g/mol. The Bertz CT molecular complexity index is 969. The van der Waals surface area contributed by atoms with Crippen molar-refractivity contribution >= 4 is 12.2 Å². The van der Waals surface area contributed by atoms with E-state index in [-0.39, 0.29) is 16.9 Å². The van der Waals surface area contributed by atoms with Gasteiger partial charge in [0, 0.05) is 12.5 Å². The van der Waals surface area contributed by atoms with Gasteiger partial charge in [-0.3, -0.25) is 4.79 Å². The van der Waals surface area contributed by atoms with Crippen LogP contribution in [-0.4, -0.2) is 0 Å². The van der Waals surface area contributed by atoms with Gasteiger partial charge in [-0.15, -0.1) is 4.91 Å². The number of aryl methyl sites for hydroxylation is 1. The summed E-state index contributed by atoms with van der Waals surface area (Å²) in [5.41, 5.74) is 1.42. The van der Waals surface area contributed by atoms with Crippen LogP contribution in [0.5, 0.6) is 0 Å². The molecule has 0 bridgehead atoms. The van der Waals surface area contributed by atoms with Gasteiger partial charge in [0.1, 0.15) is 22.7 Å². The molecule has 3 rings (SSSR count). The smallest absolute Gasteiger partial charge is 0.200 e. The molecule has 1 aromatic carbocycles. The number of hydrogen-bond acceptors (Lipinski definition) is 4. The van der Waals surface area contributed by atoms with E-state index in [1.165, 1.54) is 18.2 Å². The number of benzene rings is 1. The summed E-state index contributed by atoms with van der Waals surface area (Å²) in [7, 11) is 0. The molecule has 23 heavy (non-hydrogen) atoms. The summed E-state index contributed by atoms with van der Waals surface area (Å²) >= 11 is 0. The van der Waals surface area contributed by atoms with Crippen LogP contribution in [0.1, 0.15) is 19.1 Å².